The van der Waals surface area contributed by atoms with E-state index < -0.39 is 0 Å². The normalized spacial score (nSPS) is 14.7. The first-order valence-electron chi connectivity index (χ1n) is 5.10. The highest BCUT2D eigenvalue weighted by Gasteiger charge is 2.11. The molecule has 3 heteroatoms. The number of nitrogens with one attached hydrogen (secondary N) is 1. The van der Waals surface area contributed by atoms with Crippen LogP contribution in [0.2, 0.25) is 0 Å². The Morgan fingerprint density at radius 2 is 2.00 bits per heavy atom. The third kappa shape index (κ3) is 3.50. The van der Waals surface area contributed by atoms with Gasteiger partial charge in [0, 0.05) is 23.3 Å². The molecule has 2 nitrogen and oxygen atoms in total. The molecular formula is C12H18BrNO. The van der Waals surface area contributed by atoms with Gasteiger partial charge in [-0.3, -0.25) is 0 Å². The van der Waals surface area contributed by atoms with Gasteiger partial charge in [-0.15, -0.1) is 0 Å². The Morgan fingerprint density at radius 3 is 2.53 bits per heavy atom. The number of hydrogen-bond donors (Lipinski definition) is 1. The van der Waals surface area contributed by atoms with Gasteiger partial charge in [0.25, 0.3) is 0 Å². The van der Waals surface area contributed by atoms with Crippen molar-refractivity contribution in [3.63, 3.8) is 0 Å². The summed E-state index contributed by atoms with van der Waals surface area (Å²) in [7, 11) is 1.73. The molecule has 0 bridgehead atoms. The van der Waals surface area contributed by atoms with Crippen molar-refractivity contribution in [3.8, 4) is 0 Å². The van der Waals surface area contributed by atoms with E-state index in [1.165, 1.54) is 5.56 Å². The highest BCUT2D eigenvalue weighted by atomic mass is 79.9. The lowest BCUT2D eigenvalue weighted by Gasteiger charge is -2.22. The monoisotopic (exact) mass is 271 g/mol. The number of rotatable bonds is 4. The van der Waals surface area contributed by atoms with Crippen LogP contribution in [0.5, 0.6) is 0 Å². The Balaban J connectivity index is 2.72. The maximum absolute atomic E-state index is 5.28. The molecule has 2 unspecified atom stereocenters. The summed E-state index contributed by atoms with van der Waals surface area (Å²) >= 11 is 3.45. The summed E-state index contributed by atoms with van der Waals surface area (Å²) < 4.78 is 6.39. The van der Waals surface area contributed by atoms with Crippen molar-refractivity contribution in [1.29, 1.82) is 0 Å². The SMILES string of the molecule is COC(C)C(C)Nc1ccc(Br)cc1C. The molecule has 15 heavy (non-hydrogen) atoms. The summed E-state index contributed by atoms with van der Waals surface area (Å²) in [6.07, 6.45) is 0.202. The van der Waals surface area contributed by atoms with Crippen molar-refractivity contribution < 1.29 is 4.74 Å². The molecule has 1 aromatic rings. The van der Waals surface area contributed by atoms with Crippen molar-refractivity contribution in [3.05, 3.63) is 28.2 Å². The van der Waals surface area contributed by atoms with E-state index in [-0.39, 0.29) is 6.10 Å². The van der Waals surface area contributed by atoms with Crippen molar-refractivity contribution >= 4 is 21.6 Å². The molecule has 0 radical (unpaired) electrons. The first kappa shape index (κ1) is 12.5. The topological polar surface area (TPSA) is 21.3 Å². The fraction of sp³-hybridized carbons (Fsp3) is 0.500. The molecule has 2 atom stereocenters. The number of benzene rings is 1. The molecule has 0 fully saturated rings. The standard InChI is InChI=1S/C12H18BrNO/c1-8-7-11(13)5-6-12(8)14-9(2)10(3)15-4/h5-7,9-10,14H,1-4H3. The molecule has 0 aliphatic rings. The largest absolute Gasteiger partial charge is 0.380 e. The van der Waals surface area contributed by atoms with E-state index in [9.17, 15) is 0 Å². The Labute approximate surface area is 100 Å². The van der Waals surface area contributed by atoms with E-state index in [0.717, 1.165) is 10.2 Å². The van der Waals surface area contributed by atoms with Gasteiger partial charge in [-0.25, -0.2) is 0 Å². The number of ether oxygens (including phenoxy) is 1. The zero-order valence-corrected chi connectivity index (χ0v) is 11.3. The fourth-order valence-corrected chi connectivity index (χ4v) is 1.83. The number of hydrogen-bond acceptors (Lipinski definition) is 2. The first-order chi connectivity index (χ1) is 7.04. The second kappa shape index (κ2) is 5.52. The molecule has 1 aromatic carbocycles. The molecule has 0 saturated carbocycles. The Bertz CT molecular complexity index is 327. The van der Waals surface area contributed by atoms with Crippen LogP contribution in [-0.2, 0) is 4.74 Å². The van der Waals surface area contributed by atoms with Gasteiger partial charge in [0.15, 0.2) is 0 Å². The summed E-state index contributed by atoms with van der Waals surface area (Å²) in [4.78, 5) is 0. The predicted molar refractivity (Wildman–Crippen MR) is 68.4 cm³/mol. The minimum Gasteiger partial charge on any atom is -0.380 e. The number of halogens is 1. The zero-order chi connectivity index (χ0) is 11.4. The Kier molecular flexibility index (Phi) is 4.61. The Hall–Kier alpha value is -0.540. The summed E-state index contributed by atoms with van der Waals surface area (Å²) in [6, 6.07) is 6.53. The predicted octanol–water partition coefficient (Wildman–Crippen LogP) is 3.59. The van der Waals surface area contributed by atoms with E-state index in [0.29, 0.717) is 6.04 Å². The van der Waals surface area contributed by atoms with E-state index in [2.05, 4.69) is 54.2 Å². The first-order valence-corrected chi connectivity index (χ1v) is 5.89. The van der Waals surface area contributed by atoms with Crippen molar-refractivity contribution in [2.45, 2.75) is 32.9 Å². The van der Waals surface area contributed by atoms with Crippen LogP contribution >= 0.6 is 15.9 Å². The summed E-state index contributed by atoms with van der Waals surface area (Å²) in [6.45, 7) is 6.28. The lowest BCUT2D eigenvalue weighted by atomic mass is 10.1. The number of methoxy groups -OCH3 is 1. The number of anilines is 1. The van der Waals surface area contributed by atoms with E-state index in [1.54, 1.807) is 7.11 Å². The highest BCUT2D eigenvalue weighted by molar-refractivity contribution is 9.10. The van der Waals surface area contributed by atoms with Crippen molar-refractivity contribution in [1.82, 2.24) is 0 Å². The Morgan fingerprint density at radius 1 is 1.33 bits per heavy atom. The van der Waals surface area contributed by atoms with Gasteiger partial charge in [-0.2, -0.15) is 0 Å². The van der Waals surface area contributed by atoms with Gasteiger partial charge >= 0.3 is 0 Å². The zero-order valence-electron chi connectivity index (χ0n) is 9.67. The third-order valence-corrected chi connectivity index (χ3v) is 3.14. The summed E-state index contributed by atoms with van der Waals surface area (Å²) in [5.41, 5.74) is 2.40. The molecule has 0 heterocycles. The third-order valence-electron chi connectivity index (χ3n) is 2.65. The van der Waals surface area contributed by atoms with Crippen LogP contribution in [0.15, 0.2) is 22.7 Å². The smallest absolute Gasteiger partial charge is 0.0741 e. The van der Waals surface area contributed by atoms with E-state index in [1.807, 2.05) is 6.07 Å². The average Bonchev–Trinajstić information content (AvgIpc) is 2.20. The average molecular weight is 272 g/mol. The minimum atomic E-state index is 0.202. The maximum Gasteiger partial charge on any atom is 0.0741 e. The lowest BCUT2D eigenvalue weighted by molar-refractivity contribution is 0.106. The highest BCUT2D eigenvalue weighted by Crippen LogP contribution is 2.21. The van der Waals surface area contributed by atoms with Crippen LogP contribution in [0.3, 0.4) is 0 Å². The lowest BCUT2D eigenvalue weighted by Crippen LogP contribution is -2.29. The summed E-state index contributed by atoms with van der Waals surface area (Å²) in [5, 5.41) is 3.44. The maximum atomic E-state index is 5.28. The molecule has 1 rings (SSSR count). The molecule has 84 valence electrons. The van der Waals surface area contributed by atoms with Crippen LogP contribution in [0.25, 0.3) is 0 Å². The van der Waals surface area contributed by atoms with Crippen molar-refractivity contribution in [2.75, 3.05) is 12.4 Å². The molecule has 0 aliphatic carbocycles. The number of aryl methyl sites for hydroxylation is 1. The van der Waals surface area contributed by atoms with Gasteiger partial charge < -0.3 is 10.1 Å². The van der Waals surface area contributed by atoms with Crippen LogP contribution in [-0.4, -0.2) is 19.3 Å². The quantitative estimate of drug-likeness (QED) is 0.904. The fourth-order valence-electron chi connectivity index (χ4n) is 1.36. The van der Waals surface area contributed by atoms with Gasteiger partial charge in [0.05, 0.1) is 6.10 Å². The van der Waals surface area contributed by atoms with Crippen LogP contribution in [0, 0.1) is 6.92 Å². The van der Waals surface area contributed by atoms with Gasteiger partial charge in [0.1, 0.15) is 0 Å². The molecule has 0 spiro atoms. The second-order valence-corrected chi connectivity index (χ2v) is 4.75. The molecule has 0 saturated heterocycles. The summed E-state index contributed by atoms with van der Waals surface area (Å²) in [5.74, 6) is 0. The molecule has 0 aliphatic heterocycles. The van der Waals surface area contributed by atoms with Crippen molar-refractivity contribution in [2.24, 2.45) is 0 Å². The van der Waals surface area contributed by atoms with Gasteiger partial charge in [-0.05, 0) is 44.5 Å². The van der Waals surface area contributed by atoms with Crippen LogP contribution in [0.1, 0.15) is 19.4 Å². The van der Waals surface area contributed by atoms with Crippen LogP contribution < -0.4 is 5.32 Å². The van der Waals surface area contributed by atoms with Crippen LogP contribution in [0.4, 0.5) is 5.69 Å². The second-order valence-electron chi connectivity index (χ2n) is 3.83. The molecular weight excluding hydrogens is 254 g/mol. The van der Waals surface area contributed by atoms with E-state index >= 15 is 0 Å². The molecule has 0 aromatic heterocycles. The minimum absolute atomic E-state index is 0.202. The molecule has 1 N–H and O–H groups in total. The van der Waals surface area contributed by atoms with E-state index in [4.69, 9.17) is 4.74 Å². The molecule has 0 amide bonds. The van der Waals surface area contributed by atoms with Gasteiger partial charge in [0.2, 0.25) is 0 Å². The van der Waals surface area contributed by atoms with Gasteiger partial charge in [-0.1, -0.05) is 15.9 Å².